The van der Waals surface area contributed by atoms with E-state index in [4.69, 9.17) is 9.47 Å². The van der Waals surface area contributed by atoms with Crippen molar-refractivity contribution in [2.24, 2.45) is 0 Å². The van der Waals surface area contributed by atoms with E-state index in [0.717, 1.165) is 35.7 Å². The lowest BCUT2D eigenvalue weighted by Gasteiger charge is -2.39. The monoisotopic (exact) mass is 389 g/mol. The molecule has 7 nitrogen and oxygen atoms in total. The maximum atomic E-state index is 10.3. The molecule has 2 aliphatic heterocycles. The molecule has 6 atom stereocenters. The number of hydrogen-bond acceptors (Lipinski definition) is 7. The van der Waals surface area contributed by atoms with Crippen molar-refractivity contribution in [3.05, 3.63) is 42.0 Å². The third-order valence-electron chi connectivity index (χ3n) is 5.67. The van der Waals surface area contributed by atoms with Gasteiger partial charge in [0.2, 0.25) is 6.29 Å². The normalized spacial score (nSPS) is 33.3. The van der Waals surface area contributed by atoms with Crippen LogP contribution in [0, 0.1) is 0 Å². The molecular formula is C21H27NO6. The highest BCUT2D eigenvalue weighted by atomic mass is 16.7. The van der Waals surface area contributed by atoms with Gasteiger partial charge in [-0.05, 0) is 42.8 Å². The minimum absolute atomic E-state index is 0.422. The highest BCUT2D eigenvalue weighted by molar-refractivity contribution is 5.91. The Bertz CT molecular complexity index is 801. The van der Waals surface area contributed by atoms with Gasteiger partial charge in [-0.2, -0.15) is 0 Å². The first kappa shape index (κ1) is 19.6. The Balaban J connectivity index is 1.64. The summed E-state index contributed by atoms with van der Waals surface area (Å²) in [5, 5.41) is 45.1. The van der Waals surface area contributed by atoms with E-state index in [-0.39, 0.29) is 0 Å². The summed E-state index contributed by atoms with van der Waals surface area (Å²) >= 11 is 0. The Morgan fingerprint density at radius 2 is 1.82 bits per heavy atom. The number of aliphatic hydroxyl groups excluding tert-OH is 4. The first-order chi connectivity index (χ1) is 13.6. The maximum absolute atomic E-state index is 10.3. The van der Waals surface area contributed by atoms with E-state index in [1.54, 1.807) is 6.07 Å². The fourth-order valence-electron chi connectivity index (χ4n) is 4.14. The smallest absolute Gasteiger partial charge is 0.229 e. The topological polar surface area (TPSA) is 111 Å². The van der Waals surface area contributed by atoms with Gasteiger partial charge in [0.25, 0.3) is 0 Å². The molecule has 2 fully saturated rings. The van der Waals surface area contributed by atoms with Crippen LogP contribution in [-0.4, -0.2) is 70.3 Å². The van der Waals surface area contributed by atoms with Gasteiger partial charge in [0.15, 0.2) is 0 Å². The predicted octanol–water partition coefficient (Wildman–Crippen LogP) is 0.313. The molecule has 2 aliphatic rings. The average molecular weight is 389 g/mol. The highest BCUT2D eigenvalue weighted by Crippen LogP contribution is 2.33. The molecule has 0 unspecified atom stereocenters. The van der Waals surface area contributed by atoms with Crippen LogP contribution in [0.4, 0.5) is 0 Å². The summed E-state index contributed by atoms with van der Waals surface area (Å²) in [5.74, 6) is 0.537. The van der Waals surface area contributed by atoms with Crippen molar-refractivity contribution in [2.45, 2.75) is 56.0 Å². The van der Waals surface area contributed by atoms with Crippen LogP contribution in [0.5, 0.6) is 5.75 Å². The van der Waals surface area contributed by atoms with E-state index in [0.29, 0.717) is 11.8 Å². The van der Waals surface area contributed by atoms with Gasteiger partial charge in [0, 0.05) is 11.4 Å². The molecule has 0 saturated carbocycles. The number of ether oxygens (including phenoxy) is 2. The molecule has 4 rings (SSSR count). The Morgan fingerprint density at radius 1 is 1.04 bits per heavy atom. The van der Waals surface area contributed by atoms with Crippen LogP contribution in [0.3, 0.4) is 0 Å². The van der Waals surface area contributed by atoms with E-state index in [9.17, 15) is 20.4 Å². The predicted molar refractivity (Wildman–Crippen MR) is 103 cm³/mol. The Labute approximate surface area is 163 Å². The second-order valence-electron chi connectivity index (χ2n) is 7.58. The Kier molecular flexibility index (Phi) is 5.82. The number of benzene rings is 2. The van der Waals surface area contributed by atoms with Gasteiger partial charge in [0.1, 0.15) is 30.2 Å². The van der Waals surface area contributed by atoms with Crippen molar-refractivity contribution in [3.63, 3.8) is 0 Å². The molecule has 7 heteroatoms. The first-order valence-electron chi connectivity index (χ1n) is 9.79. The molecule has 0 spiro atoms. The van der Waals surface area contributed by atoms with Crippen LogP contribution < -0.4 is 10.1 Å². The van der Waals surface area contributed by atoms with E-state index in [2.05, 4.69) is 11.4 Å². The molecule has 0 aromatic heterocycles. The van der Waals surface area contributed by atoms with Gasteiger partial charge in [-0.15, -0.1) is 0 Å². The van der Waals surface area contributed by atoms with Gasteiger partial charge < -0.3 is 35.2 Å². The molecule has 2 saturated heterocycles. The zero-order valence-electron chi connectivity index (χ0n) is 15.6. The van der Waals surface area contributed by atoms with E-state index in [1.165, 1.54) is 6.42 Å². The molecule has 0 aliphatic carbocycles. The summed E-state index contributed by atoms with van der Waals surface area (Å²) in [7, 11) is 0. The van der Waals surface area contributed by atoms with E-state index in [1.807, 2.05) is 24.3 Å². The summed E-state index contributed by atoms with van der Waals surface area (Å²) in [4.78, 5) is 0. The number of hydrogen-bond donors (Lipinski definition) is 5. The molecule has 2 aromatic carbocycles. The van der Waals surface area contributed by atoms with Crippen molar-refractivity contribution >= 4 is 10.8 Å². The van der Waals surface area contributed by atoms with Crippen molar-refractivity contribution in [1.29, 1.82) is 0 Å². The fourth-order valence-corrected chi connectivity index (χ4v) is 4.14. The number of nitrogens with one attached hydrogen (secondary N) is 1. The molecule has 152 valence electrons. The molecule has 28 heavy (non-hydrogen) atoms. The quantitative estimate of drug-likeness (QED) is 0.501. The van der Waals surface area contributed by atoms with Gasteiger partial charge in [-0.25, -0.2) is 0 Å². The van der Waals surface area contributed by atoms with Gasteiger partial charge >= 0.3 is 0 Å². The molecule has 0 bridgehead atoms. The summed E-state index contributed by atoms with van der Waals surface area (Å²) in [6.45, 7) is 0.544. The van der Waals surface area contributed by atoms with E-state index < -0.39 is 37.3 Å². The highest BCUT2D eigenvalue weighted by Gasteiger charge is 2.44. The van der Waals surface area contributed by atoms with Crippen LogP contribution in [0.15, 0.2) is 36.4 Å². The van der Waals surface area contributed by atoms with Crippen LogP contribution >= 0.6 is 0 Å². The summed E-state index contributed by atoms with van der Waals surface area (Å²) in [6.07, 6.45) is -3.33. The van der Waals surface area contributed by atoms with Gasteiger partial charge in [0.05, 0.1) is 6.61 Å². The summed E-state index contributed by atoms with van der Waals surface area (Å²) < 4.78 is 11.5. The van der Waals surface area contributed by atoms with Gasteiger partial charge in [-0.3, -0.25) is 0 Å². The number of fused-ring (bicyclic) bond motifs is 1. The van der Waals surface area contributed by atoms with Gasteiger partial charge in [-0.1, -0.05) is 30.3 Å². The van der Waals surface area contributed by atoms with E-state index >= 15 is 0 Å². The lowest BCUT2D eigenvalue weighted by atomic mass is 9.97. The minimum Gasteiger partial charge on any atom is -0.461 e. The second kappa shape index (κ2) is 8.32. The van der Waals surface area contributed by atoms with Crippen LogP contribution in [-0.2, 0) is 11.2 Å². The first-order valence-corrected chi connectivity index (χ1v) is 9.79. The lowest BCUT2D eigenvalue weighted by molar-refractivity contribution is -0.277. The van der Waals surface area contributed by atoms with Crippen molar-refractivity contribution < 1.29 is 29.9 Å². The third-order valence-corrected chi connectivity index (χ3v) is 5.67. The zero-order chi connectivity index (χ0) is 19.7. The molecule has 0 amide bonds. The number of rotatable bonds is 5. The second-order valence-corrected chi connectivity index (χ2v) is 7.58. The van der Waals surface area contributed by atoms with Crippen LogP contribution in [0.1, 0.15) is 18.4 Å². The Morgan fingerprint density at radius 3 is 2.54 bits per heavy atom. The average Bonchev–Trinajstić information content (AvgIpc) is 3.22. The fraction of sp³-hybridized carbons (Fsp3) is 0.524. The molecule has 2 heterocycles. The standard InChI is InChI=1S/C21H27NO6/c23-11-16-18(24)19(25)20(26)21(28-16)27-15-8-2-5-12-4-1-6-13(17(12)15)10-14-7-3-9-22-14/h1-2,4-6,8,14,16,18-26H,3,7,9-11H2/t14-,16+,18+,19+,20+,21+/m0/s1. The molecule has 2 aromatic rings. The molecular weight excluding hydrogens is 362 g/mol. The Hall–Kier alpha value is -1.74. The maximum Gasteiger partial charge on any atom is 0.229 e. The van der Waals surface area contributed by atoms with Crippen molar-refractivity contribution in [2.75, 3.05) is 13.2 Å². The summed E-state index contributed by atoms with van der Waals surface area (Å²) in [5.41, 5.74) is 1.14. The third kappa shape index (κ3) is 3.74. The van der Waals surface area contributed by atoms with Crippen molar-refractivity contribution in [1.82, 2.24) is 5.32 Å². The molecule has 0 radical (unpaired) electrons. The minimum atomic E-state index is -1.46. The zero-order valence-corrected chi connectivity index (χ0v) is 15.6. The largest absolute Gasteiger partial charge is 0.461 e. The van der Waals surface area contributed by atoms with Crippen LogP contribution in [0.25, 0.3) is 10.8 Å². The number of aliphatic hydroxyl groups is 4. The SMILES string of the molecule is OC[C@H]1O[C@@H](Oc2cccc3cccc(C[C@@H]4CCCN4)c23)[C@H](O)[C@H](O)[C@@H]1O. The summed E-state index contributed by atoms with van der Waals surface area (Å²) in [6, 6.07) is 12.2. The van der Waals surface area contributed by atoms with Crippen molar-refractivity contribution in [3.8, 4) is 5.75 Å². The lowest BCUT2D eigenvalue weighted by Crippen LogP contribution is -2.60. The van der Waals surface area contributed by atoms with Crippen LogP contribution in [0.2, 0.25) is 0 Å². The molecule has 5 N–H and O–H groups in total.